The fourth-order valence-electron chi connectivity index (χ4n) is 3.06. The van der Waals surface area contributed by atoms with E-state index >= 15 is 0 Å². The zero-order chi connectivity index (χ0) is 15.2. The van der Waals surface area contributed by atoms with Gasteiger partial charge in [-0.15, -0.1) is 0 Å². The molecular formula is C16H24N2O3. The first kappa shape index (κ1) is 15.6. The molecule has 0 radical (unpaired) electrons. The molecule has 0 aliphatic heterocycles. The molecule has 0 amide bonds. The van der Waals surface area contributed by atoms with Gasteiger partial charge in [-0.25, -0.2) is 4.79 Å². The van der Waals surface area contributed by atoms with Crippen molar-refractivity contribution in [3.8, 4) is 0 Å². The second kappa shape index (κ2) is 7.31. The zero-order valence-electron chi connectivity index (χ0n) is 12.5. The van der Waals surface area contributed by atoms with E-state index in [1.165, 1.54) is 26.4 Å². The summed E-state index contributed by atoms with van der Waals surface area (Å²) >= 11 is 0. The van der Waals surface area contributed by atoms with E-state index < -0.39 is 0 Å². The second-order valence-corrected chi connectivity index (χ2v) is 5.47. The maximum atomic E-state index is 11.5. The summed E-state index contributed by atoms with van der Waals surface area (Å²) in [6, 6.07) is 5.64. The van der Waals surface area contributed by atoms with Crippen molar-refractivity contribution < 1.29 is 14.6 Å². The van der Waals surface area contributed by atoms with Gasteiger partial charge in [-0.2, -0.15) is 0 Å². The van der Waals surface area contributed by atoms with Crippen molar-refractivity contribution >= 4 is 17.3 Å². The number of nitrogens with zero attached hydrogens (tertiary/aromatic N) is 1. The van der Waals surface area contributed by atoms with Crippen molar-refractivity contribution in [2.24, 2.45) is 0 Å². The summed E-state index contributed by atoms with van der Waals surface area (Å²) in [7, 11) is 1.35. The quantitative estimate of drug-likeness (QED) is 0.642. The lowest BCUT2D eigenvalue weighted by Crippen LogP contribution is -2.39. The van der Waals surface area contributed by atoms with Crippen LogP contribution < -0.4 is 10.6 Å². The summed E-state index contributed by atoms with van der Waals surface area (Å²) in [5.74, 6) is -0.389. The Morgan fingerprint density at radius 2 is 2.10 bits per heavy atom. The standard InChI is InChI=1S/C16H24N2O3/c1-21-16(20)12-7-8-15(14(17)11-12)18(9-10-19)13-5-3-2-4-6-13/h7-8,11,13,19H,2-6,9-10,17H2,1H3. The average Bonchev–Trinajstić information content (AvgIpc) is 2.53. The monoisotopic (exact) mass is 292 g/mol. The first-order valence-electron chi connectivity index (χ1n) is 7.52. The van der Waals surface area contributed by atoms with Crippen molar-refractivity contribution in [1.82, 2.24) is 0 Å². The molecule has 0 aromatic heterocycles. The molecule has 5 nitrogen and oxygen atoms in total. The number of aliphatic hydroxyl groups excluding tert-OH is 1. The number of rotatable bonds is 5. The Morgan fingerprint density at radius 3 is 2.67 bits per heavy atom. The van der Waals surface area contributed by atoms with Crippen LogP contribution in [0.15, 0.2) is 18.2 Å². The molecule has 1 aliphatic carbocycles. The molecule has 0 bridgehead atoms. The first-order chi connectivity index (χ1) is 10.2. The van der Waals surface area contributed by atoms with Gasteiger partial charge in [0.1, 0.15) is 0 Å². The number of carbonyl (C=O) groups excluding carboxylic acids is 1. The van der Waals surface area contributed by atoms with Crippen molar-refractivity contribution in [1.29, 1.82) is 0 Å². The third-order valence-corrected chi connectivity index (χ3v) is 4.11. The lowest BCUT2D eigenvalue weighted by Gasteiger charge is -2.36. The van der Waals surface area contributed by atoms with Gasteiger partial charge in [0, 0.05) is 12.6 Å². The van der Waals surface area contributed by atoms with E-state index in [0.717, 1.165) is 18.5 Å². The lowest BCUT2D eigenvalue weighted by atomic mass is 9.93. The largest absolute Gasteiger partial charge is 0.465 e. The van der Waals surface area contributed by atoms with E-state index in [1.54, 1.807) is 12.1 Å². The van der Waals surface area contributed by atoms with Crippen LogP contribution in [0.1, 0.15) is 42.5 Å². The van der Waals surface area contributed by atoms with Crippen molar-refractivity contribution in [2.45, 2.75) is 38.1 Å². The minimum Gasteiger partial charge on any atom is -0.465 e. The number of hydrogen-bond acceptors (Lipinski definition) is 5. The maximum Gasteiger partial charge on any atom is 0.337 e. The van der Waals surface area contributed by atoms with Crippen molar-refractivity contribution in [3.63, 3.8) is 0 Å². The molecule has 2 rings (SSSR count). The van der Waals surface area contributed by atoms with Crippen LogP contribution in [0.5, 0.6) is 0 Å². The fourth-order valence-corrected chi connectivity index (χ4v) is 3.06. The summed E-state index contributed by atoms with van der Waals surface area (Å²) in [5.41, 5.74) is 8.02. The Labute approximate surface area is 125 Å². The van der Waals surface area contributed by atoms with Gasteiger partial charge >= 0.3 is 5.97 Å². The van der Waals surface area contributed by atoms with Gasteiger partial charge < -0.3 is 20.5 Å². The van der Waals surface area contributed by atoms with Crippen LogP contribution in [0, 0.1) is 0 Å². The lowest BCUT2D eigenvalue weighted by molar-refractivity contribution is 0.0601. The molecule has 21 heavy (non-hydrogen) atoms. The third kappa shape index (κ3) is 3.67. The number of hydrogen-bond donors (Lipinski definition) is 2. The number of ether oxygens (including phenoxy) is 1. The molecule has 0 spiro atoms. The first-order valence-corrected chi connectivity index (χ1v) is 7.52. The number of aliphatic hydroxyl groups is 1. The maximum absolute atomic E-state index is 11.5. The molecular weight excluding hydrogens is 268 g/mol. The number of nitrogen functional groups attached to an aromatic ring is 1. The van der Waals surface area contributed by atoms with Crippen LogP contribution in [-0.2, 0) is 4.74 Å². The van der Waals surface area contributed by atoms with Gasteiger partial charge in [-0.3, -0.25) is 0 Å². The predicted octanol–water partition coefficient (Wildman–Crippen LogP) is 2.19. The molecule has 1 aliphatic rings. The molecule has 0 saturated heterocycles. The van der Waals surface area contributed by atoms with E-state index in [1.807, 2.05) is 6.07 Å². The van der Waals surface area contributed by atoms with Gasteiger partial charge in [0.25, 0.3) is 0 Å². The highest BCUT2D eigenvalue weighted by atomic mass is 16.5. The molecule has 3 N–H and O–H groups in total. The van der Waals surface area contributed by atoms with Crippen LogP contribution in [-0.4, -0.2) is 37.4 Å². The highest BCUT2D eigenvalue weighted by molar-refractivity contribution is 5.92. The van der Waals surface area contributed by atoms with Gasteiger partial charge in [0.15, 0.2) is 0 Å². The number of nitrogens with two attached hydrogens (primary N) is 1. The molecule has 0 heterocycles. The second-order valence-electron chi connectivity index (χ2n) is 5.47. The molecule has 0 unspecified atom stereocenters. The summed E-state index contributed by atoms with van der Waals surface area (Å²) in [6.45, 7) is 0.654. The van der Waals surface area contributed by atoms with E-state index in [0.29, 0.717) is 23.8 Å². The average molecular weight is 292 g/mol. The minimum atomic E-state index is -0.389. The van der Waals surface area contributed by atoms with Crippen LogP contribution >= 0.6 is 0 Å². The molecule has 1 aromatic rings. The fraction of sp³-hybridized carbons (Fsp3) is 0.562. The Morgan fingerprint density at radius 1 is 1.38 bits per heavy atom. The van der Waals surface area contributed by atoms with Crippen LogP contribution in [0.4, 0.5) is 11.4 Å². The Kier molecular flexibility index (Phi) is 5.44. The van der Waals surface area contributed by atoms with E-state index in [2.05, 4.69) is 4.90 Å². The number of benzene rings is 1. The Balaban J connectivity index is 2.25. The van der Waals surface area contributed by atoms with E-state index in [-0.39, 0.29) is 12.6 Å². The normalized spacial score (nSPS) is 15.7. The highest BCUT2D eigenvalue weighted by Crippen LogP contribution is 2.31. The smallest absolute Gasteiger partial charge is 0.337 e. The molecule has 1 fully saturated rings. The van der Waals surface area contributed by atoms with Gasteiger partial charge in [0.05, 0.1) is 30.7 Å². The third-order valence-electron chi connectivity index (χ3n) is 4.11. The number of esters is 1. The Hall–Kier alpha value is -1.75. The van der Waals surface area contributed by atoms with Crippen molar-refractivity contribution in [3.05, 3.63) is 23.8 Å². The molecule has 1 saturated carbocycles. The summed E-state index contributed by atoms with van der Waals surface area (Å²) in [6.07, 6.45) is 5.95. The van der Waals surface area contributed by atoms with Crippen LogP contribution in [0.3, 0.4) is 0 Å². The SMILES string of the molecule is COC(=O)c1ccc(N(CCO)C2CCCCC2)c(N)c1. The van der Waals surface area contributed by atoms with E-state index in [9.17, 15) is 9.90 Å². The van der Waals surface area contributed by atoms with Crippen LogP contribution in [0.2, 0.25) is 0 Å². The number of anilines is 2. The molecule has 1 aromatic carbocycles. The zero-order valence-corrected chi connectivity index (χ0v) is 12.5. The van der Waals surface area contributed by atoms with Gasteiger partial charge in [-0.05, 0) is 31.0 Å². The minimum absolute atomic E-state index is 0.0920. The molecule has 0 atom stereocenters. The summed E-state index contributed by atoms with van der Waals surface area (Å²) in [5, 5.41) is 9.34. The summed E-state index contributed by atoms with van der Waals surface area (Å²) < 4.78 is 4.71. The molecule has 5 heteroatoms. The number of carbonyl (C=O) groups is 1. The predicted molar refractivity (Wildman–Crippen MR) is 83.5 cm³/mol. The number of methoxy groups -OCH3 is 1. The summed E-state index contributed by atoms with van der Waals surface area (Å²) in [4.78, 5) is 13.7. The van der Waals surface area contributed by atoms with Crippen molar-refractivity contribution in [2.75, 3.05) is 30.9 Å². The van der Waals surface area contributed by atoms with E-state index in [4.69, 9.17) is 10.5 Å². The van der Waals surface area contributed by atoms with Gasteiger partial charge in [0.2, 0.25) is 0 Å². The Bertz CT molecular complexity index is 484. The van der Waals surface area contributed by atoms with Gasteiger partial charge in [-0.1, -0.05) is 19.3 Å². The topological polar surface area (TPSA) is 75.8 Å². The molecule has 116 valence electrons. The highest BCUT2D eigenvalue weighted by Gasteiger charge is 2.23. The van der Waals surface area contributed by atoms with Crippen LogP contribution in [0.25, 0.3) is 0 Å².